The largest absolute Gasteiger partial charge is 0.466 e. The molecule has 0 aromatic carbocycles. The molecule has 142 valence electrons. The van der Waals surface area contributed by atoms with Crippen molar-refractivity contribution in [2.24, 2.45) is 0 Å². The predicted octanol–water partition coefficient (Wildman–Crippen LogP) is 7.37. The standard InChI is InChI=1S/C22H42O2/c1-4-5-6-7-8-9-10-11-12-13-14-15-16-17-18-19-20-21(2)22(23)24-3/h20H,4-19H2,1-3H3. The molecule has 0 spiro atoms. The molecule has 0 amide bonds. The molecule has 24 heavy (non-hydrogen) atoms. The van der Waals surface area contributed by atoms with E-state index in [9.17, 15) is 4.79 Å². The summed E-state index contributed by atoms with van der Waals surface area (Å²) in [5.41, 5.74) is 0.739. The number of hydrogen-bond donors (Lipinski definition) is 0. The molecule has 0 atom stereocenters. The third-order valence-corrected chi connectivity index (χ3v) is 4.77. The molecule has 0 unspecified atom stereocenters. The van der Waals surface area contributed by atoms with Crippen LogP contribution < -0.4 is 0 Å². The average Bonchev–Trinajstić information content (AvgIpc) is 2.60. The van der Waals surface area contributed by atoms with Crippen molar-refractivity contribution in [3.8, 4) is 0 Å². The molecule has 0 aromatic rings. The lowest BCUT2D eigenvalue weighted by Gasteiger charge is -2.03. The number of allylic oxidation sites excluding steroid dienone is 1. The third kappa shape index (κ3) is 16.1. The molecule has 0 aliphatic carbocycles. The van der Waals surface area contributed by atoms with E-state index in [1.165, 1.54) is 103 Å². The lowest BCUT2D eigenvalue weighted by Crippen LogP contribution is -2.01. The summed E-state index contributed by atoms with van der Waals surface area (Å²) in [6.07, 6.45) is 23.8. The molecule has 0 heterocycles. The van der Waals surface area contributed by atoms with Gasteiger partial charge in [-0.1, -0.05) is 103 Å². The highest BCUT2D eigenvalue weighted by atomic mass is 16.5. The fourth-order valence-corrected chi connectivity index (χ4v) is 3.08. The van der Waals surface area contributed by atoms with Gasteiger partial charge in [-0.3, -0.25) is 0 Å². The van der Waals surface area contributed by atoms with Crippen LogP contribution in [-0.4, -0.2) is 13.1 Å². The van der Waals surface area contributed by atoms with Crippen molar-refractivity contribution in [2.45, 2.75) is 117 Å². The molecular formula is C22H42O2. The molecule has 0 fully saturated rings. The minimum atomic E-state index is -0.198. The van der Waals surface area contributed by atoms with Gasteiger partial charge in [0.15, 0.2) is 0 Å². The highest BCUT2D eigenvalue weighted by Gasteiger charge is 2.01. The number of carbonyl (C=O) groups is 1. The van der Waals surface area contributed by atoms with Crippen LogP contribution in [0.1, 0.15) is 117 Å². The Balaban J connectivity index is 3.17. The van der Waals surface area contributed by atoms with E-state index in [0.717, 1.165) is 12.0 Å². The lowest BCUT2D eigenvalue weighted by molar-refractivity contribution is -0.136. The van der Waals surface area contributed by atoms with Crippen LogP contribution in [0.3, 0.4) is 0 Å². The average molecular weight is 339 g/mol. The van der Waals surface area contributed by atoms with E-state index in [1.54, 1.807) is 0 Å². The first-order valence-electron chi connectivity index (χ1n) is 10.5. The molecular weight excluding hydrogens is 296 g/mol. The van der Waals surface area contributed by atoms with Gasteiger partial charge in [0.2, 0.25) is 0 Å². The lowest BCUT2D eigenvalue weighted by atomic mass is 10.0. The van der Waals surface area contributed by atoms with E-state index in [2.05, 4.69) is 11.7 Å². The number of esters is 1. The Morgan fingerprint density at radius 3 is 1.46 bits per heavy atom. The first kappa shape index (κ1) is 23.2. The van der Waals surface area contributed by atoms with E-state index >= 15 is 0 Å². The van der Waals surface area contributed by atoms with Gasteiger partial charge in [0, 0.05) is 5.57 Å². The smallest absolute Gasteiger partial charge is 0.333 e. The van der Waals surface area contributed by atoms with Gasteiger partial charge in [-0.05, 0) is 19.8 Å². The third-order valence-electron chi connectivity index (χ3n) is 4.77. The van der Waals surface area contributed by atoms with Crippen LogP contribution >= 0.6 is 0 Å². The summed E-state index contributed by atoms with van der Waals surface area (Å²) in [7, 11) is 1.44. The molecule has 0 radical (unpaired) electrons. The Morgan fingerprint density at radius 2 is 1.08 bits per heavy atom. The molecule has 0 saturated carbocycles. The minimum Gasteiger partial charge on any atom is -0.466 e. The Bertz CT molecular complexity index is 307. The summed E-state index contributed by atoms with van der Waals surface area (Å²) in [6.45, 7) is 4.11. The second-order valence-corrected chi connectivity index (χ2v) is 7.12. The number of hydrogen-bond acceptors (Lipinski definition) is 2. The number of methoxy groups -OCH3 is 1. The van der Waals surface area contributed by atoms with Crippen molar-refractivity contribution >= 4 is 5.97 Å². The maximum Gasteiger partial charge on any atom is 0.333 e. The fraction of sp³-hybridized carbons (Fsp3) is 0.864. The first-order valence-corrected chi connectivity index (χ1v) is 10.5. The predicted molar refractivity (Wildman–Crippen MR) is 105 cm³/mol. The zero-order valence-electron chi connectivity index (χ0n) is 16.7. The van der Waals surface area contributed by atoms with Crippen LogP contribution in [-0.2, 0) is 9.53 Å². The van der Waals surface area contributed by atoms with Crippen molar-refractivity contribution in [3.63, 3.8) is 0 Å². The van der Waals surface area contributed by atoms with E-state index in [0.29, 0.717) is 0 Å². The van der Waals surface area contributed by atoms with Crippen LogP contribution in [0.5, 0.6) is 0 Å². The van der Waals surface area contributed by atoms with Crippen LogP contribution in [0, 0.1) is 0 Å². The number of rotatable bonds is 17. The number of carbonyl (C=O) groups excluding carboxylic acids is 1. The first-order chi connectivity index (χ1) is 11.7. The normalized spacial score (nSPS) is 11.7. The Morgan fingerprint density at radius 1 is 0.708 bits per heavy atom. The van der Waals surface area contributed by atoms with E-state index in [-0.39, 0.29) is 5.97 Å². The van der Waals surface area contributed by atoms with E-state index < -0.39 is 0 Å². The van der Waals surface area contributed by atoms with Crippen molar-refractivity contribution in [3.05, 3.63) is 11.6 Å². The molecule has 2 nitrogen and oxygen atoms in total. The van der Waals surface area contributed by atoms with Gasteiger partial charge in [0.1, 0.15) is 0 Å². The maximum absolute atomic E-state index is 11.2. The second kappa shape index (κ2) is 18.5. The van der Waals surface area contributed by atoms with Crippen molar-refractivity contribution in [2.75, 3.05) is 7.11 Å². The second-order valence-electron chi connectivity index (χ2n) is 7.12. The Kier molecular flexibility index (Phi) is 17.9. The van der Waals surface area contributed by atoms with E-state index in [1.807, 2.05) is 13.0 Å². The van der Waals surface area contributed by atoms with E-state index in [4.69, 9.17) is 0 Å². The van der Waals surface area contributed by atoms with Gasteiger partial charge in [0.25, 0.3) is 0 Å². The Hall–Kier alpha value is -0.790. The highest BCUT2D eigenvalue weighted by molar-refractivity contribution is 5.87. The van der Waals surface area contributed by atoms with Crippen LogP contribution in [0.15, 0.2) is 11.6 Å². The van der Waals surface area contributed by atoms with Crippen molar-refractivity contribution in [1.82, 2.24) is 0 Å². The van der Waals surface area contributed by atoms with Gasteiger partial charge in [-0.2, -0.15) is 0 Å². The summed E-state index contributed by atoms with van der Waals surface area (Å²) in [5.74, 6) is -0.198. The summed E-state index contributed by atoms with van der Waals surface area (Å²) >= 11 is 0. The SMILES string of the molecule is CCCCCCCCCCCCCCCCCC=C(C)C(=O)OC. The summed E-state index contributed by atoms with van der Waals surface area (Å²) < 4.78 is 4.68. The van der Waals surface area contributed by atoms with Gasteiger partial charge in [0.05, 0.1) is 7.11 Å². The highest BCUT2D eigenvalue weighted by Crippen LogP contribution is 2.14. The topological polar surface area (TPSA) is 26.3 Å². The zero-order valence-corrected chi connectivity index (χ0v) is 16.7. The molecule has 0 N–H and O–H groups in total. The van der Waals surface area contributed by atoms with Gasteiger partial charge < -0.3 is 4.74 Å². The molecule has 0 bridgehead atoms. The fourth-order valence-electron chi connectivity index (χ4n) is 3.08. The quantitative estimate of drug-likeness (QED) is 0.157. The molecule has 0 aliphatic heterocycles. The molecule has 2 heteroatoms. The molecule has 0 aromatic heterocycles. The van der Waals surface area contributed by atoms with Gasteiger partial charge >= 0.3 is 5.97 Å². The maximum atomic E-state index is 11.2. The van der Waals surface area contributed by atoms with Crippen molar-refractivity contribution in [1.29, 1.82) is 0 Å². The molecule has 0 aliphatic rings. The molecule has 0 saturated heterocycles. The minimum absolute atomic E-state index is 0.198. The summed E-state index contributed by atoms with van der Waals surface area (Å²) in [5, 5.41) is 0. The van der Waals surface area contributed by atoms with Crippen molar-refractivity contribution < 1.29 is 9.53 Å². The zero-order chi connectivity index (χ0) is 17.9. The molecule has 0 rings (SSSR count). The van der Waals surface area contributed by atoms with Crippen LogP contribution in [0.4, 0.5) is 0 Å². The van der Waals surface area contributed by atoms with Crippen LogP contribution in [0.25, 0.3) is 0 Å². The summed E-state index contributed by atoms with van der Waals surface area (Å²) in [4.78, 5) is 11.2. The monoisotopic (exact) mass is 338 g/mol. The number of unbranched alkanes of at least 4 members (excludes halogenated alkanes) is 15. The summed E-state index contributed by atoms with van der Waals surface area (Å²) in [6, 6.07) is 0. The number of ether oxygens (including phenoxy) is 1. The Labute approximate surface area is 151 Å². The van der Waals surface area contributed by atoms with Gasteiger partial charge in [-0.25, -0.2) is 4.79 Å². The van der Waals surface area contributed by atoms with Gasteiger partial charge in [-0.15, -0.1) is 0 Å². The van der Waals surface area contributed by atoms with Crippen LogP contribution in [0.2, 0.25) is 0 Å².